The van der Waals surface area contributed by atoms with Gasteiger partial charge < -0.3 is 10.6 Å². The zero-order chi connectivity index (χ0) is 20.2. The van der Waals surface area contributed by atoms with Crippen molar-refractivity contribution in [2.45, 2.75) is 13.3 Å². The molecule has 6 nitrogen and oxygen atoms in total. The highest BCUT2D eigenvalue weighted by Crippen LogP contribution is 2.30. The predicted octanol–water partition coefficient (Wildman–Crippen LogP) is 4.97. The molecule has 0 atom stereocenters. The Labute approximate surface area is 173 Å². The maximum absolute atomic E-state index is 11.5. The zero-order valence-electron chi connectivity index (χ0n) is 15.7. The van der Waals surface area contributed by atoms with Gasteiger partial charge in [-0.3, -0.25) is 9.78 Å². The summed E-state index contributed by atoms with van der Waals surface area (Å²) >= 11 is 6.10. The van der Waals surface area contributed by atoms with Gasteiger partial charge in [0.25, 0.3) is 0 Å². The fourth-order valence-corrected chi connectivity index (χ4v) is 3.30. The van der Waals surface area contributed by atoms with Gasteiger partial charge in [-0.2, -0.15) is 5.10 Å². The van der Waals surface area contributed by atoms with Crippen LogP contribution in [0.4, 0.5) is 17.2 Å². The summed E-state index contributed by atoms with van der Waals surface area (Å²) < 4.78 is 0. The van der Waals surface area contributed by atoms with Crippen molar-refractivity contribution in [1.29, 1.82) is 0 Å². The van der Waals surface area contributed by atoms with Gasteiger partial charge in [0, 0.05) is 52.9 Å². The molecule has 0 aliphatic heterocycles. The van der Waals surface area contributed by atoms with Crippen LogP contribution in [0.5, 0.6) is 0 Å². The molecule has 0 aliphatic rings. The van der Waals surface area contributed by atoms with Crippen LogP contribution in [-0.4, -0.2) is 21.1 Å². The number of rotatable bonds is 5. The summed E-state index contributed by atoms with van der Waals surface area (Å²) in [5, 5.41) is 17.4. The molecule has 0 radical (unpaired) electrons. The van der Waals surface area contributed by atoms with Crippen molar-refractivity contribution < 1.29 is 4.79 Å². The lowest BCUT2D eigenvalue weighted by Crippen LogP contribution is -2.07. The maximum Gasteiger partial charge on any atom is 0.221 e. The number of nitrogens with zero attached hydrogens (tertiary/aromatic N) is 3. The number of carbonyl (C=O) groups is 1. The number of halogens is 1. The summed E-state index contributed by atoms with van der Waals surface area (Å²) in [6.45, 7) is 1.48. The van der Waals surface area contributed by atoms with E-state index in [1.807, 2.05) is 54.6 Å². The average molecular weight is 404 g/mol. The number of carbonyl (C=O) groups excluding carboxylic acids is 1. The standard InChI is InChI=1S/C22H18ClN5O/c1-14(29)25-18-5-6-19-20(13-18)22(26-17-4-2-3-16(23)12-17)28-27-21(19)11-15-7-9-24-10-8-15/h2-10,12-13H,11H2,1H3,(H,25,29)(H,26,28). The monoisotopic (exact) mass is 403 g/mol. The third-order valence-corrected chi connectivity index (χ3v) is 4.62. The lowest BCUT2D eigenvalue weighted by molar-refractivity contribution is -0.114. The molecule has 2 heterocycles. The summed E-state index contributed by atoms with van der Waals surface area (Å²) in [7, 11) is 0. The van der Waals surface area contributed by atoms with Crippen molar-refractivity contribution in [2.24, 2.45) is 0 Å². The number of pyridine rings is 1. The number of hydrogen-bond acceptors (Lipinski definition) is 5. The number of anilines is 3. The molecular formula is C22H18ClN5O. The molecule has 2 aromatic carbocycles. The SMILES string of the molecule is CC(=O)Nc1ccc2c(Cc3ccncc3)nnc(Nc3cccc(Cl)c3)c2c1. The number of aromatic nitrogens is 3. The first-order valence-electron chi connectivity index (χ1n) is 9.07. The molecule has 4 rings (SSSR count). The van der Waals surface area contributed by atoms with E-state index in [-0.39, 0.29) is 5.91 Å². The van der Waals surface area contributed by atoms with Crippen molar-refractivity contribution in [3.8, 4) is 0 Å². The molecule has 0 fully saturated rings. The summed E-state index contributed by atoms with van der Waals surface area (Å²) in [5.74, 6) is 0.459. The number of fused-ring (bicyclic) bond motifs is 1. The number of amides is 1. The number of benzene rings is 2. The van der Waals surface area contributed by atoms with E-state index in [2.05, 4.69) is 25.8 Å². The van der Waals surface area contributed by atoms with E-state index in [0.717, 1.165) is 27.7 Å². The Bertz CT molecular complexity index is 1180. The van der Waals surface area contributed by atoms with Crippen molar-refractivity contribution in [2.75, 3.05) is 10.6 Å². The van der Waals surface area contributed by atoms with Crippen LogP contribution in [0.1, 0.15) is 18.2 Å². The molecule has 2 aromatic heterocycles. The Morgan fingerprint density at radius 1 is 0.966 bits per heavy atom. The smallest absolute Gasteiger partial charge is 0.221 e. The van der Waals surface area contributed by atoms with Crippen LogP contribution in [0.2, 0.25) is 5.02 Å². The largest absolute Gasteiger partial charge is 0.338 e. The highest BCUT2D eigenvalue weighted by atomic mass is 35.5. The zero-order valence-corrected chi connectivity index (χ0v) is 16.4. The first kappa shape index (κ1) is 18.8. The normalized spacial score (nSPS) is 10.7. The van der Waals surface area contributed by atoms with Gasteiger partial charge in [-0.05, 0) is 48.0 Å². The van der Waals surface area contributed by atoms with Gasteiger partial charge in [-0.15, -0.1) is 5.10 Å². The third-order valence-electron chi connectivity index (χ3n) is 4.38. The van der Waals surface area contributed by atoms with Gasteiger partial charge in [0.05, 0.1) is 5.69 Å². The van der Waals surface area contributed by atoms with Gasteiger partial charge in [-0.25, -0.2) is 0 Å². The third kappa shape index (κ3) is 4.50. The molecule has 0 saturated carbocycles. The molecule has 7 heteroatoms. The predicted molar refractivity (Wildman–Crippen MR) is 116 cm³/mol. The fraction of sp³-hybridized carbons (Fsp3) is 0.0909. The number of nitrogens with one attached hydrogen (secondary N) is 2. The first-order chi connectivity index (χ1) is 14.1. The van der Waals surface area contributed by atoms with E-state index < -0.39 is 0 Å². The van der Waals surface area contributed by atoms with Crippen LogP contribution in [0.3, 0.4) is 0 Å². The topological polar surface area (TPSA) is 79.8 Å². The van der Waals surface area contributed by atoms with E-state index in [1.54, 1.807) is 12.4 Å². The summed E-state index contributed by atoms with van der Waals surface area (Å²) in [5.41, 5.74) is 3.44. The van der Waals surface area contributed by atoms with Gasteiger partial charge in [-0.1, -0.05) is 23.7 Å². The van der Waals surface area contributed by atoms with Crippen molar-refractivity contribution in [3.05, 3.63) is 83.3 Å². The lowest BCUT2D eigenvalue weighted by atomic mass is 10.0. The molecule has 1 amide bonds. The van der Waals surface area contributed by atoms with Crippen LogP contribution in [-0.2, 0) is 11.2 Å². The number of hydrogen-bond donors (Lipinski definition) is 2. The quantitative estimate of drug-likeness (QED) is 0.491. The summed E-state index contributed by atoms with van der Waals surface area (Å²) in [6.07, 6.45) is 4.15. The molecule has 2 N–H and O–H groups in total. The molecule has 144 valence electrons. The molecule has 0 bridgehead atoms. The highest BCUT2D eigenvalue weighted by Gasteiger charge is 2.12. The average Bonchev–Trinajstić information content (AvgIpc) is 2.70. The Morgan fingerprint density at radius 2 is 1.79 bits per heavy atom. The van der Waals surface area contributed by atoms with Crippen molar-refractivity contribution >= 4 is 45.5 Å². The van der Waals surface area contributed by atoms with E-state index in [9.17, 15) is 4.79 Å². The minimum absolute atomic E-state index is 0.132. The van der Waals surface area contributed by atoms with Crippen molar-refractivity contribution in [3.63, 3.8) is 0 Å². The molecule has 0 spiro atoms. The van der Waals surface area contributed by atoms with E-state index in [4.69, 9.17) is 11.6 Å². The summed E-state index contributed by atoms with van der Waals surface area (Å²) in [4.78, 5) is 15.6. The first-order valence-corrected chi connectivity index (χ1v) is 9.45. The van der Waals surface area contributed by atoms with Crippen LogP contribution < -0.4 is 10.6 Å². The Hall–Kier alpha value is -3.51. The van der Waals surface area contributed by atoms with Crippen LogP contribution in [0, 0.1) is 0 Å². The Morgan fingerprint density at radius 3 is 2.55 bits per heavy atom. The molecule has 29 heavy (non-hydrogen) atoms. The maximum atomic E-state index is 11.5. The molecule has 4 aromatic rings. The lowest BCUT2D eigenvalue weighted by Gasteiger charge is -2.13. The molecular weight excluding hydrogens is 386 g/mol. The van der Waals surface area contributed by atoms with E-state index >= 15 is 0 Å². The van der Waals surface area contributed by atoms with E-state index in [0.29, 0.717) is 22.9 Å². The molecule has 0 saturated heterocycles. The second kappa shape index (κ2) is 8.24. The Kier molecular flexibility index (Phi) is 5.35. The van der Waals surface area contributed by atoms with Gasteiger partial charge in [0.15, 0.2) is 5.82 Å². The second-order valence-corrected chi connectivity index (χ2v) is 7.04. The molecule has 0 unspecified atom stereocenters. The van der Waals surface area contributed by atoms with Crippen LogP contribution in [0.15, 0.2) is 67.0 Å². The Balaban J connectivity index is 1.79. The second-order valence-electron chi connectivity index (χ2n) is 6.60. The van der Waals surface area contributed by atoms with Crippen LogP contribution >= 0.6 is 11.6 Å². The van der Waals surface area contributed by atoms with E-state index in [1.165, 1.54) is 6.92 Å². The minimum Gasteiger partial charge on any atom is -0.338 e. The van der Waals surface area contributed by atoms with Gasteiger partial charge >= 0.3 is 0 Å². The fourth-order valence-electron chi connectivity index (χ4n) is 3.11. The minimum atomic E-state index is -0.132. The summed E-state index contributed by atoms with van der Waals surface area (Å²) in [6, 6.07) is 17.0. The molecule has 0 aliphatic carbocycles. The van der Waals surface area contributed by atoms with Gasteiger partial charge in [0.1, 0.15) is 0 Å². The van der Waals surface area contributed by atoms with Gasteiger partial charge in [0.2, 0.25) is 5.91 Å². The van der Waals surface area contributed by atoms with Crippen molar-refractivity contribution in [1.82, 2.24) is 15.2 Å². The highest BCUT2D eigenvalue weighted by molar-refractivity contribution is 6.30. The van der Waals surface area contributed by atoms with Crippen LogP contribution in [0.25, 0.3) is 10.8 Å².